The lowest BCUT2D eigenvalue weighted by Gasteiger charge is -2.03. The molecule has 0 radical (unpaired) electrons. The van der Waals surface area contributed by atoms with Gasteiger partial charge in [0.05, 0.1) is 0 Å². The van der Waals surface area contributed by atoms with Crippen LogP contribution >= 0.6 is 0 Å². The summed E-state index contributed by atoms with van der Waals surface area (Å²) in [5.41, 5.74) is 2.44. The highest BCUT2D eigenvalue weighted by molar-refractivity contribution is 5.69. The maximum absolute atomic E-state index is 9.16. The fraction of sp³-hybridized carbons (Fsp3) is 0.0769. The Bertz CT molecular complexity index is 394. The molecule has 0 saturated heterocycles. The van der Waals surface area contributed by atoms with E-state index in [1.54, 1.807) is 12.1 Å². The van der Waals surface area contributed by atoms with Gasteiger partial charge in [-0.3, -0.25) is 0 Å². The SMILES string of the molecule is Oc1ccc(C2=CC=CC=CC2)cc1. The van der Waals surface area contributed by atoms with Crippen LogP contribution in [0.3, 0.4) is 0 Å². The number of benzene rings is 1. The van der Waals surface area contributed by atoms with E-state index in [-0.39, 0.29) is 0 Å². The molecule has 0 fully saturated rings. The molecule has 14 heavy (non-hydrogen) atoms. The molecule has 1 aliphatic carbocycles. The van der Waals surface area contributed by atoms with Crippen molar-refractivity contribution in [2.45, 2.75) is 6.42 Å². The van der Waals surface area contributed by atoms with Crippen LogP contribution in [0.4, 0.5) is 0 Å². The van der Waals surface area contributed by atoms with Crippen LogP contribution in [0.2, 0.25) is 0 Å². The molecule has 0 bridgehead atoms. The van der Waals surface area contributed by atoms with E-state index in [0.29, 0.717) is 5.75 Å². The Hall–Kier alpha value is -1.76. The van der Waals surface area contributed by atoms with Crippen molar-refractivity contribution in [2.24, 2.45) is 0 Å². The third kappa shape index (κ3) is 1.94. The van der Waals surface area contributed by atoms with Crippen LogP contribution in [0.15, 0.2) is 54.6 Å². The maximum atomic E-state index is 9.16. The highest BCUT2D eigenvalue weighted by Gasteiger charge is 1.99. The van der Waals surface area contributed by atoms with Crippen molar-refractivity contribution in [2.75, 3.05) is 0 Å². The van der Waals surface area contributed by atoms with Gasteiger partial charge in [-0.15, -0.1) is 0 Å². The fourth-order valence-corrected chi connectivity index (χ4v) is 1.47. The minimum Gasteiger partial charge on any atom is -0.508 e. The average Bonchev–Trinajstić information content (AvgIpc) is 2.47. The van der Waals surface area contributed by atoms with E-state index < -0.39 is 0 Å². The first-order valence-corrected chi connectivity index (χ1v) is 4.68. The maximum Gasteiger partial charge on any atom is 0.115 e. The van der Waals surface area contributed by atoms with Gasteiger partial charge in [0, 0.05) is 0 Å². The molecule has 0 heterocycles. The molecule has 0 aromatic heterocycles. The van der Waals surface area contributed by atoms with Gasteiger partial charge in [-0.2, -0.15) is 0 Å². The van der Waals surface area contributed by atoms with Crippen LogP contribution in [-0.2, 0) is 0 Å². The van der Waals surface area contributed by atoms with Crippen LogP contribution in [0.1, 0.15) is 12.0 Å². The van der Waals surface area contributed by atoms with Gasteiger partial charge in [-0.05, 0) is 29.7 Å². The molecule has 1 heteroatoms. The van der Waals surface area contributed by atoms with E-state index in [9.17, 15) is 0 Å². The molecule has 70 valence electrons. The third-order valence-electron chi connectivity index (χ3n) is 2.23. The van der Waals surface area contributed by atoms with E-state index in [1.165, 1.54) is 11.1 Å². The summed E-state index contributed by atoms with van der Waals surface area (Å²) < 4.78 is 0. The van der Waals surface area contributed by atoms with Crippen molar-refractivity contribution in [3.63, 3.8) is 0 Å². The van der Waals surface area contributed by atoms with Crippen molar-refractivity contribution < 1.29 is 5.11 Å². The molecule has 0 saturated carbocycles. The summed E-state index contributed by atoms with van der Waals surface area (Å²) in [6.07, 6.45) is 11.3. The Morgan fingerprint density at radius 2 is 1.71 bits per heavy atom. The van der Waals surface area contributed by atoms with Crippen LogP contribution in [0.5, 0.6) is 5.75 Å². The van der Waals surface area contributed by atoms with Gasteiger partial charge >= 0.3 is 0 Å². The van der Waals surface area contributed by atoms with E-state index in [2.05, 4.69) is 12.2 Å². The van der Waals surface area contributed by atoms with Crippen molar-refractivity contribution in [1.82, 2.24) is 0 Å². The molecule has 1 N–H and O–H groups in total. The van der Waals surface area contributed by atoms with Crippen LogP contribution in [-0.4, -0.2) is 5.11 Å². The van der Waals surface area contributed by atoms with Gasteiger partial charge in [-0.25, -0.2) is 0 Å². The minimum absolute atomic E-state index is 0.314. The zero-order chi connectivity index (χ0) is 9.80. The predicted molar refractivity (Wildman–Crippen MR) is 59.0 cm³/mol. The minimum atomic E-state index is 0.314. The average molecular weight is 184 g/mol. The Morgan fingerprint density at radius 1 is 0.929 bits per heavy atom. The molecule has 0 unspecified atom stereocenters. The summed E-state index contributed by atoms with van der Waals surface area (Å²) in [6.45, 7) is 0. The Morgan fingerprint density at radius 3 is 2.50 bits per heavy atom. The van der Waals surface area contributed by atoms with Gasteiger partial charge in [0.25, 0.3) is 0 Å². The molecule has 0 amide bonds. The first kappa shape index (κ1) is 8.82. The molecular formula is C13H12O. The molecule has 1 aromatic rings. The Kier molecular flexibility index (Phi) is 2.50. The lowest BCUT2D eigenvalue weighted by Crippen LogP contribution is -1.81. The summed E-state index contributed by atoms with van der Waals surface area (Å²) in [5.74, 6) is 0.314. The summed E-state index contributed by atoms with van der Waals surface area (Å²) in [6, 6.07) is 7.31. The van der Waals surface area contributed by atoms with Gasteiger partial charge in [-0.1, -0.05) is 42.5 Å². The molecular weight excluding hydrogens is 172 g/mol. The Labute approximate surface area is 83.7 Å². The predicted octanol–water partition coefficient (Wildman–Crippen LogP) is 3.29. The van der Waals surface area contributed by atoms with Crippen molar-refractivity contribution in [3.8, 4) is 5.75 Å². The number of hydrogen-bond acceptors (Lipinski definition) is 1. The number of phenolic OH excluding ortho intramolecular Hbond substituents is 1. The molecule has 1 nitrogen and oxygen atoms in total. The van der Waals surface area contributed by atoms with Crippen LogP contribution in [0, 0.1) is 0 Å². The smallest absolute Gasteiger partial charge is 0.115 e. The standard InChI is InChI=1S/C13H12O/c14-13-9-7-12(8-10-13)11-5-3-1-2-4-6-11/h1-5,7-10,14H,6H2. The normalized spacial score (nSPS) is 15.0. The number of rotatable bonds is 1. The van der Waals surface area contributed by atoms with Crippen LogP contribution in [0.25, 0.3) is 5.57 Å². The van der Waals surface area contributed by atoms with E-state index in [4.69, 9.17) is 5.11 Å². The van der Waals surface area contributed by atoms with Gasteiger partial charge in [0.2, 0.25) is 0 Å². The lowest BCUT2D eigenvalue weighted by atomic mass is 10.0. The quantitative estimate of drug-likeness (QED) is 0.710. The second kappa shape index (κ2) is 3.97. The van der Waals surface area contributed by atoms with Crippen molar-refractivity contribution >= 4 is 5.57 Å². The molecule has 1 aliphatic rings. The zero-order valence-electron chi connectivity index (χ0n) is 7.85. The van der Waals surface area contributed by atoms with Crippen LogP contribution < -0.4 is 0 Å². The molecule has 0 spiro atoms. The highest BCUT2D eigenvalue weighted by atomic mass is 16.3. The van der Waals surface area contributed by atoms with Gasteiger partial charge < -0.3 is 5.11 Å². The summed E-state index contributed by atoms with van der Waals surface area (Å²) in [7, 11) is 0. The van der Waals surface area contributed by atoms with Crippen molar-refractivity contribution in [3.05, 3.63) is 60.2 Å². The molecule has 2 rings (SSSR count). The topological polar surface area (TPSA) is 20.2 Å². The number of hydrogen-bond donors (Lipinski definition) is 1. The zero-order valence-corrected chi connectivity index (χ0v) is 7.85. The number of phenols is 1. The first-order chi connectivity index (χ1) is 6.86. The first-order valence-electron chi connectivity index (χ1n) is 4.68. The summed E-state index contributed by atoms with van der Waals surface area (Å²) in [5, 5.41) is 9.16. The summed E-state index contributed by atoms with van der Waals surface area (Å²) in [4.78, 5) is 0. The monoisotopic (exact) mass is 184 g/mol. The fourth-order valence-electron chi connectivity index (χ4n) is 1.47. The number of allylic oxidation sites excluding steroid dienone is 6. The third-order valence-corrected chi connectivity index (χ3v) is 2.23. The second-order valence-electron chi connectivity index (χ2n) is 3.26. The van der Waals surface area contributed by atoms with E-state index in [0.717, 1.165) is 6.42 Å². The van der Waals surface area contributed by atoms with Crippen molar-refractivity contribution in [1.29, 1.82) is 0 Å². The highest BCUT2D eigenvalue weighted by Crippen LogP contribution is 2.22. The second-order valence-corrected chi connectivity index (χ2v) is 3.26. The molecule has 1 aromatic carbocycles. The van der Waals surface area contributed by atoms with E-state index in [1.807, 2.05) is 30.4 Å². The molecule has 0 aliphatic heterocycles. The number of aromatic hydroxyl groups is 1. The lowest BCUT2D eigenvalue weighted by molar-refractivity contribution is 0.475. The largest absolute Gasteiger partial charge is 0.508 e. The van der Waals surface area contributed by atoms with Gasteiger partial charge in [0.15, 0.2) is 0 Å². The van der Waals surface area contributed by atoms with Gasteiger partial charge in [0.1, 0.15) is 5.75 Å². The Balaban J connectivity index is 2.31. The molecule has 0 atom stereocenters. The van der Waals surface area contributed by atoms with E-state index >= 15 is 0 Å². The summed E-state index contributed by atoms with van der Waals surface area (Å²) >= 11 is 0.